The fourth-order valence-corrected chi connectivity index (χ4v) is 4.78. The number of nitrogens with zero attached hydrogens (tertiary/aromatic N) is 1. The molecule has 3 rings (SSSR count). The van der Waals surface area contributed by atoms with Gasteiger partial charge in [0.1, 0.15) is 0 Å². The fraction of sp³-hybridized carbons (Fsp3) is 0.381. The monoisotopic (exact) mass is 479 g/mol. The second kappa shape index (κ2) is 10.3. The van der Waals surface area contributed by atoms with Gasteiger partial charge in [0, 0.05) is 24.0 Å². The van der Waals surface area contributed by atoms with E-state index in [4.69, 9.17) is 0 Å². The molecule has 1 heterocycles. The Labute approximate surface area is 180 Å². The lowest BCUT2D eigenvalue weighted by Gasteiger charge is -2.28. The molecule has 1 atom stereocenters. The first-order valence-corrected chi connectivity index (χ1v) is 12.0. The number of carbonyl (C=O) groups excluding carboxylic acids is 1. The van der Waals surface area contributed by atoms with Gasteiger partial charge in [-0.25, -0.2) is 13.1 Å². The van der Waals surface area contributed by atoms with Crippen LogP contribution in [0, 0.1) is 0 Å². The smallest absolute Gasteiger partial charge is 0.240 e. The molecule has 0 saturated carbocycles. The highest BCUT2D eigenvalue weighted by atomic mass is 79.9. The van der Waals surface area contributed by atoms with E-state index in [2.05, 4.69) is 43.0 Å². The van der Waals surface area contributed by atoms with Gasteiger partial charge in [-0.05, 0) is 55.8 Å². The van der Waals surface area contributed by atoms with Crippen LogP contribution >= 0.6 is 15.9 Å². The topological polar surface area (TPSA) is 78.5 Å². The Morgan fingerprint density at radius 1 is 1.03 bits per heavy atom. The second-order valence-electron chi connectivity index (χ2n) is 7.08. The van der Waals surface area contributed by atoms with Crippen molar-refractivity contribution in [3.05, 3.63) is 64.6 Å². The molecule has 29 heavy (non-hydrogen) atoms. The van der Waals surface area contributed by atoms with Crippen molar-refractivity contribution in [3.8, 4) is 0 Å². The summed E-state index contributed by atoms with van der Waals surface area (Å²) in [5, 5.41) is 2.97. The molecule has 2 N–H and O–H groups in total. The third kappa shape index (κ3) is 6.37. The van der Waals surface area contributed by atoms with Crippen LogP contribution in [0.3, 0.4) is 0 Å². The molecular weight excluding hydrogens is 454 g/mol. The van der Waals surface area contributed by atoms with Crippen molar-refractivity contribution in [3.63, 3.8) is 0 Å². The Morgan fingerprint density at radius 3 is 2.34 bits per heavy atom. The van der Waals surface area contributed by atoms with Crippen molar-refractivity contribution in [2.45, 2.75) is 30.2 Å². The number of carbonyl (C=O) groups is 1. The number of amides is 1. The molecular formula is C21H26BrN3O3S. The quantitative estimate of drug-likeness (QED) is 0.579. The summed E-state index contributed by atoms with van der Waals surface area (Å²) in [7, 11) is -3.62. The summed E-state index contributed by atoms with van der Waals surface area (Å²) in [6, 6.07) is 16.7. The molecule has 0 spiro atoms. The maximum atomic E-state index is 12.3. The van der Waals surface area contributed by atoms with E-state index in [9.17, 15) is 13.2 Å². The summed E-state index contributed by atoms with van der Waals surface area (Å²) in [5.41, 5.74) is 1.19. The van der Waals surface area contributed by atoms with Crippen LogP contribution in [-0.4, -0.2) is 45.4 Å². The third-order valence-corrected chi connectivity index (χ3v) is 7.03. The number of hydrogen-bond acceptors (Lipinski definition) is 4. The number of rotatable bonds is 9. The van der Waals surface area contributed by atoms with Crippen LogP contribution in [0.2, 0.25) is 0 Å². The van der Waals surface area contributed by atoms with E-state index < -0.39 is 10.0 Å². The molecule has 2 aromatic rings. The lowest BCUT2D eigenvalue weighted by molar-refractivity contribution is -0.121. The Kier molecular flexibility index (Phi) is 7.83. The van der Waals surface area contributed by atoms with Crippen LogP contribution in [-0.2, 0) is 14.8 Å². The molecule has 2 aromatic carbocycles. The zero-order valence-electron chi connectivity index (χ0n) is 16.2. The number of halogens is 1. The summed E-state index contributed by atoms with van der Waals surface area (Å²) in [5.74, 6) is -0.163. The Balaban J connectivity index is 1.50. The number of likely N-dealkylation sites (tertiary alicyclic amines) is 1. The predicted octanol–water partition coefficient (Wildman–Crippen LogP) is 3.07. The number of benzene rings is 2. The molecule has 8 heteroatoms. The van der Waals surface area contributed by atoms with Crippen molar-refractivity contribution < 1.29 is 13.2 Å². The van der Waals surface area contributed by atoms with Crippen molar-refractivity contribution >= 4 is 31.9 Å². The Bertz CT molecular complexity index is 899. The summed E-state index contributed by atoms with van der Waals surface area (Å²) in [6.45, 7) is 2.64. The average molecular weight is 480 g/mol. The highest BCUT2D eigenvalue weighted by Gasteiger charge is 2.23. The number of sulfonamides is 1. The van der Waals surface area contributed by atoms with Gasteiger partial charge in [-0.3, -0.25) is 9.69 Å². The molecule has 6 nitrogen and oxygen atoms in total. The van der Waals surface area contributed by atoms with Gasteiger partial charge in [-0.1, -0.05) is 46.3 Å². The van der Waals surface area contributed by atoms with Crippen LogP contribution in [0.5, 0.6) is 0 Å². The van der Waals surface area contributed by atoms with E-state index in [0.29, 0.717) is 6.54 Å². The highest BCUT2D eigenvalue weighted by molar-refractivity contribution is 9.10. The second-order valence-corrected chi connectivity index (χ2v) is 9.76. The van der Waals surface area contributed by atoms with Gasteiger partial charge in [-0.2, -0.15) is 0 Å². The molecule has 0 aliphatic carbocycles. The zero-order chi connectivity index (χ0) is 20.7. The lowest BCUT2D eigenvalue weighted by Crippen LogP contribution is -2.38. The largest absolute Gasteiger partial charge is 0.354 e. The minimum atomic E-state index is -3.62. The van der Waals surface area contributed by atoms with E-state index in [1.54, 1.807) is 12.1 Å². The molecule has 1 amide bonds. The van der Waals surface area contributed by atoms with Gasteiger partial charge in [0.05, 0.1) is 10.9 Å². The first-order chi connectivity index (χ1) is 14.0. The van der Waals surface area contributed by atoms with Crippen molar-refractivity contribution in [1.82, 2.24) is 14.9 Å². The first-order valence-electron chi connectivity index (χ1n) is 9.76. The third-order valence-electron chi connectivity index (χ3n) is 5.03. The van der Waals surface area contributed by atoms with E-state index in [-0.39, 0.29) is 29.8 Å². The van der Waals surface area contributed by atoms with E-state index in [1.165, 1.54) is 30.5 Å². The molecule has 1 fully saturated rings. The van der Waals surface area contributed by atoms with Crippen molar-refractivity contribution in [1.29, 1.82) is 0 Å². The fourth-order valence-electron chi connectivity index (χ4n) is 3.48. The standard InChI is InChI=1S/C21H26BrN3O3S/c22-18-8-10-19(11-9-18)29(27,28)24-13-12-21(26)23-16-20(25-14-4-5-15-25)17-6-2-1-3-7-17/h1-3,6-11,20,24H,4-5,12-16H2,(H,23,26). The Hall–Kier alpha value is -1.74. The average Bonchev–Trinajstić information content (AvgIpc) is 3.24. The SMILES string of the molecule is O=C(CCNS(=O)(=O)c1ccc(Br)cc1)NCC(c1ccccc1)N1CCCC1. The maximum Gasteiger partial charge on any atom is 0.240 e. The van der Waals surface area contributed by atoms with Gasteiger partial charge in [0.15, 0.2) is 0 Å². The van der Waals surface area contributed by atoms with Crippen LogP contribution < -0.4 is 10.0 Å². The molecule has 0 radical (unpaired) electrons. The molecule has 0 bridgehead atoms. The van der Waals surface area contributed by atoms with Crippen LogP contribution in [0.4, 0.5) is 0 Å². The molecule has 1 aliphatic rings. The lowest BCUT2D eigenvalue weighted by atomic mass is 10.1. The van der Waals surface area contributed by atoms with E-state index >= 15 is 0 Å². The minimum absolute atomic E-state index is 0.0595. The molecule has 1 saturated heterocycles. The molecule has 0 aromatic heterocycles. The van der Waals surface area contributed by atoms with E-state index in [0.717, 1.165) is 17.6 Å². The number of nitrogens with one attached hydrogen (secondary N) is 2. The summed E-state index contributed by atoms with van der Waals surface area (Å²) < 4.78 is 27.9. The van der Waals surface area contributed by atoms with Gasteiger partial charge < -0.3 is 5.32 Å². The van der Waals surface area contributed by atoms with Crippen LogP contribution in [0.15, 0.2) is 64.0 Å². The maximum absolute atomic E-state index is 12.3. The first kappa shape index (κ1) is 22.0. The predicted molar refractivity (Wildman–Crippen MR) is 117 cm³/mol. The van der Waals surface area contributed by atoms with Crippen LogP contribution in [0.25, 0.3) is 0 Å². The van der Waals surface area contributed by atoms with Gasteiger partial charge in [0.25, 0.3) is 0 Å². The van der Waals surface area contributed by atoms with Crippen molar-refractivity contribution in [2.75, 3.05) is 26.2 Å². The van der Waals surface area contributed by atoms with E-state index in [1.807, 2.05) is 18.2 Å². The zero-order valence-corrected chi connectivity index (χ0v) is 18.6. The van der Waals surface area contributed by atoms with Crippen molar-refractivity contribution in [2.24, 2.45) is 0 Å². The summed E-state index contributed by atoms with van der Waals surface area (Å²) in [4.78, 5) is 14.9. The van der Waals surface area contributed by atoms with Gasteiger partial charge in [-0.15, -0.1) is 0 Å². The van der Waals surface area contributed by atoms with Gasteiger partial charge >= 0.3 is 0 Å². The minimum Gasteiger partial charge on any atom is -0.354 e. The van der Waals surface area contributed by atoms with Gasteiger partial charge in [0.2, 0.25) is 15.9 Å². The summed E-state index contributed by atoms with van der Waals surface area (Å²) in [6.07, 6.45) is 2.45. The number of hydrogen-bond donors (Lipinski definition) is 2. The molecule has 156 valence electrons. The van der Waals surface area contributed by atoms with Crippen LogP contribution in [0.1, 0.15) is 30.9 Å². The molecule has 1 aliphatic heterocycles. The normalized spacial score (nSPS) is 15.9. The highest BCUT2D eigenvalue weighted by Crippen LogP contribution is 2.24. The molecule has 1 unspecified atom stereocenters. The summed E-state index contributed by atoms with van der Waals surface area (Å²) >= 11 is 3.28. The Morgan fingerprint density at radius 2 is 1.69 bits per heavy atom.